The Labute approximate surface area is 104 Å². The highest BCUT2D eigenvalue weighted by Crippen LogP contribution is 2.30. The van der Waals surface area contributed by atoms with Crippen molar-refractivity contribution >= 4 is 28.5 Å². The number of carbonyl (C=O) groups is 2. The number of hydrogen-bond acceptors (Lipinski definition) is 3. The van der Waals surface area contributed by atoms with E-state index in [0.717, 1.165) is 0 Å². The molecule has 1 heterocycles. The summed E-state index contributed by atoms with van der Waals surface area (Å²) in [5.74, 6) is -1.11. The van der Waals surface area contributed by atoms with Gasteiger partial charge in [0.15, 0.2) is 0 Å². The van der Waals surface area contributed by atoms with Gasteiger partial charge in [-0.15, -0.1) is 0 Å². The summed E-state index contributed by atoms with van der Waals surface area (Å²) in [5.41, 5.74) is 6.11. The zero-order valence-electron chi connectivity index (χ0n) is 10.2. The Bertz CT molecular complexity index is 614. The predicted octanol–water partition coefficient (Wildman–Crippen LogP) is 2.13. The first kappa shape index (κ1) is 12.2. The second-order valence-corrected chi connectivity index (χ2v) is 4.31. The largest absolute Gasteiger partial charge is 0.449 e. The molecule has 18 heavy (non-hydrogen) atoms. The van der Waals surface area contributed by atoms with Gasteiger partial charge in [-0.05, 0) is 12.1 Å². The number of para-hydroxylation sites is 1. The molecular formula is C13H14N2O3. The van der Waals surface area contributed by atoms with Gasteiger partial charge in [0.25, 0.3) is 5.91 Å². The predicted molar refractivity (Wildman–Crippen MR) is 68.2 cm³/mol. The summed E-state index contributed by atoms with van der Waals surface area (Å²) in [4.78, 5) is 23.0. The number of fused-ring (bicyclic) bond motifs is 1. The number of benzene rings is 1. The number of nitrogens with one attached hydrogen (secondary N) is 1. The van der Waals surface area contributed by atoms with Crippen LogP contribution < -0.4 is 11.1 Å². The molecule has 0 bridgehead atoms. The molecule has 94 valence electrons. The van der Waals surface area contributed by atoms with E-state index in [9.17, 15) is 9.59 Å². The zero-order chi connectivity index (χ0) is 13.3. The van der Waals surface area contributed by atoms with Crippen LogP contribution in [-0.4, -0.2) is 11.8 Å². The third kappa shape index (κ3) is 2.07. The fraction of sp³-hybridized carbons (Fsp3) is 0.231. The number of amides is 2. The molecule has 1 aromatic carbocycles. The van der Waals surface area contributed by atoms with Crippen LogP contribution in [0.15, 0.2) is 28.7 Å². The average Bonchev–Trinajstić information content (AvgIpc) is 2.68. The Kier molecular flexibility index (Phi) is 3.06. The standard InChI is InChI=1S/C13H14N2O3/c1-7(2)13(17)15-10-8-5-3-4-6-9(8)18-11(10)12(14)16/h3-7H,1-2H3,(H2,14,16)(H,15,17). The minimum absolute atomic E-state index is 0.0230. The van der Waals surface area contributed by atoms with Gasteiger partial charge in [0.05, 0.1) is 0 Å². The number of anilines is 1. The van der Waals surface area contributed by atoms with Gasteiger partial charge in [0, 0.05) is 11.3 Å². The van der Waals surface area contributed by atoms with Gasteiger partial charge >= 0.3 is 0 Å². The maximum absolute atomic E-state index is 11.7. The maximum Gasteiger partial charge on any atom is 0.286 e. The van der Waals surface area contributed by atoms with Gasteiger partial charge in [-0.2, -0.15) is 0 Å². The average molecular weight is 246 g/mol. The third-order valence-electron chi connectivity index (χ3n) is 2.59. The highest BCUT2D eigenvalue weighted by Gasteiger charge is 2.20. The summed E-state index contributed by atoms with van der Waals surface area (Å²) in [6, 6.07) is 7.06. The fourth-order valence-corrected chi connectivity index (χ4v) is 1.61. The summed E-state index contributed by atoms with van der Waals surface area (Å²) in [7, 11) is 0. The number of furan rings is 1. The summed E-state index contributed by atoms with van der Waals surface area (Å²) in [6.45, 7) is 3.53. The Morgan fingerprint density at radius 3 is 2.56 bits per heavy atom. The van der Waals surface area contributed by atoms with E-state index in [0.29, 0.717) is 16.7 Å². The fourth-order valence-electron chi connectivity index (χ4n) is 1.61. The summed E-state index contributed by atoms with van der Waals surface area (Å²) in [5, 5.41) is 3.35. The second kappa shape index (κ2) is 4.52. The lowest BCUT2D eigenvalue weighted by Crippen LogP contribution is -2.20. The van der Waals surface area contributed by atoms with Crippen molar-refractivity contribution in [3.8, 4) is 0 Å². The van der Waals surface area contributed by atoms with Gasteiger partial charge < -0.3 is 15.5 Å². The normalized spacial score (nSPS) is 10.8. The van der Waals surface area contributed by atoms with Crippen molar-refractivity contribution < 1.29 is 14.0 Å². The van der Waals surface area contributed by atoms with E-state index in [1.807, 2.05) is 0 Å². The summed E-state index contributed by atoms with van der Waals surface area (Å²) >= 11 is 0. The molecule has 2 amide bonds. The lowest BCUT2D eigenvalue weighted by Gasteiger charge is -2.06. The van der Waals surface area contributed by atoms with Crippen LogP contribution in [0.2, 0.25) is 0 Å². The molecule has 5 heteroatoms. The lowest BCUT2D eigenvalue weighted by molar-refractivity contribution is -0.118. The van der Waals surface area contributed by atoms with E-state index in [-0.39, 0.29) is 17.6 Å². The molecule has 0 fully saturated rings. The summed E-state index contributed by atoms with van der Waals surface area (Å²) < 4.78 is 5.35. The SMILES string of the molecule is CC(C)C(=O)Nc1c(C(N)=O)oc2ccccc12. The van der Waals surface area contributed by atoms with Crippen molar-refractivity contribution in [1.82, 2.24) is 0 Å². The molecule has 2 rings (SSSR count). The zero-order valence-corrected chi connectivity index (χ0v) is 10.2. The van der Waals surface area contributed by atoms with Gasteiger partial charge in [0.2, 0.25) is 11.7 Å². The van der Waals surface area contributed by atoms with E-state index in [4.69, 9.17) is 10.2 Å². The van der Waals surface area contributed by atoms with Crippen molar-refractivity contribution in [1.29, 1.82) is 0 Å². The van der Waals surface area contributed by atoms with E-state index < -0.39 is 5.91 Å². The van der Waals surface area contributed by atoms with E-state index in [1.54, 1.807) is 38.1 Å². The first-order valence-electron chi connectivity index (χ1n) is 5.63. The van der Waals surface area contributed by atoms with Crippen molar-refractivity contribution in [3.05, 3.63) is 30.0 Å². The quantitative estimate of drug-likeness (QED) is 0.869. The first-order chi connectivity index (χ1) is 8.50. The number of hydrogen-bond donors (Lipinski definition) is 2. The maximum atomic E-state index is 11.7. The van der Waals surface area contributed by atoms with Crippen LogP contribution in [0.3, 0.4) is 0 Å². The molecule has 0 aliphatic carbocycles. The lowest BCUT2D eigenvalue weighted by atomic mass is 10.1. The Morgan fingerprint density at radius 1 is 1.28 bits per heavy atom. The summed E-state index contributed by atoms with van der Waals surface area (Å²) in [6.07, 6.45) is 0. The highest BCUT2D eigenvalue weighted by molar-refractivity contribution is 6.10. The topological polar surface area (TPSA) is 85.3 Å². The Hall–Kier alpha value is -2.30. The number of primary amides is 1. The number of rotatable bonds is 3. The van der Waals surface area contributed by atoms with E-state index in [1.165, 1.54) is 0 Å². The Balaban J connectivity index is 2.55. The number of carbonyl (C=O) groups excluding carboxylic acids is 2. The number of nitrogens with two attached hydrogens (primary N) is 1. The smallest absolute Gasteiger partial charge is 0.286 e. The van der Waals surface area contributed by atoms with Gasteiger partial charge in [-0.1, -0.05) is 26.0 Å². The van der Waals surface area contributed by atoms with Crippen molar-refractivity contribution in [3.63, 3.8) is 0 Å². The molecule has 0 saturated carbocycles. The molecule has 0 unspecified atom stereocenters. The molecule has 0 aliphatic heterocycles. The molecule has 0 atom stereocenters. The van der Waals surface area contributed by atoms with Gasteiger partial charge in [0.1, 0.15) is 11.3 Å². The van der Waals surface area contributed by atoms with Crippen LogP contribution in [-0.2, 0) is 4.79 Å². The highest BCUT2D eigenvalue weighted by atomic mass is 16.3. The van der Waals surface area contributed by atoms with E-state index in [2.05, 4.69) is 5.32 Å². The Morgan fingerprint density at radius 2 is 1.94 bits per heavy atom. The molecule has 0 aliphatic rings. The van der Waals surface area contributed by atoms with E-state index >= 15 is 0 Å². The first-order valence-corrected chi connectivity index (χ1v) is 5.63. The van der Waals surface area contributed by atoms with Gasteiger partial charge in [-0.3, -0.25) is 9.59 Å². The molecular weight excluding hydrogens is 232 g/mol. The molecule has 0 spiro atoms. The van der Waals surface area contributed by atoms with Crippen LogP contribution in [0.1, 0.15) is 24.4 Å². The van der Waals surface area contributed by atoms with Crippen LogP contribution in [0, 0.1) is 5.92 Å². The van der Waals surface area contributed by atoms with Crippen LogP contribution >= 0.6 is 0 Å². The van der Waals surface area contributed by atoms with Crippen molar-refractivity contribution in [2.45, 2.75) is 13.8 Å². The minimum Gasteiger partial charge on any atom is -0.449 e. The van der Waals surface area contributed by atoms with Crippen molar-refractivity contribution in [2.24, 2.45) is 11.7 Å². The van der Waals surface area contributed by atoms with Crippen LogP contribution in [0.4, 0.5) is 5.69 Å². The van der Waals surface area contributed by atoms with Gasteiger partial charge in [-0.25, -0.2) is 0 Å². The third-order valence-corrected chi connectivity index (χ3v) is 2.59. The molecule has 0 saturated heterocycles. The monoisotopic (exact) mass is 246 g/mol. The molecule has 0 radical (unpaired) electrons. The minimum atomic E-state index is -0.703. The van der Waals surface area contributed by atoms with Crippen molar-refractivity contribution in [2.75, 3.05) is 5.32 Å². The molecule has 3 N–H and O–H groups in total. The van der Waals surface area contributed by atoms with Crippen LogP contribution in [0.5, 0.6) is 0 Å². The molecule has 1 aromatic heterocycles. The second-order valence-electron chi connectivity index (χ2n) is 4.31. The molecule has 5 nitrogen and oxygen atoms in total. The molecule has 2 aromatic rings. The van der Waals surface area contributed by atoms with Crippen LogP contribution in [0.25, 0.3) is 11.0 Å².